The molecule has 5 N–H and O–H groups in total. The van der Waals surface area contributed by atoms with Crippen molar-refractivity contribution in [2.45, 2.75) is 64.3 Å². The Morgan fingerprint density at radius 3 is 2.54 bits per heavy atom. The van der Waals surface area contributed by atoms with Crippen LogP contribution in [0.4, 0.5) is 0 Å². The van der Waals surface area contributed by atoms with Crippen molar-refractivity contribution in [3.8, 4) is 0 Å². The first kappa shape index (κ1) is 23.3. The molecule has 154 valence electrons. The fourth-order valence-electron chi connectivity index (χ4n) is 2.84. The Hall–Kier alpha value is -2.70. The number of carbonyl (C=O) groups is 2. The molecule has 0 saturated heterocycles. The summed E-state index contributed by atoms with van der Waals surface area (Å²) in [6, 6.07) is 9.32. The Balaban J connectivity index is 2.54. The number of nitrogens with one attached hydrogen (secondary N) is 3. The van der Waals surface area contributed by atoms with Gasteiger partial charge in [0.2, 0.25) is 11.8 Å². The number of benzene rings is 1. The number of nitrogens with two attached hydrogens (primary N) is 1. The van der Waals surface area contributed by atoms with Crippen molar-refractivity contribution in [2.75, 3.05) is 6.54 Å². The molecule has 0 unspecified atom stereocenters. The van der Waals surface area contributed by atoms with Gasteiger partial charge in [0.15, 0.2) is 0 Å². The number of nitrogens with zero attached hydrogens (tertiary/aromatic N) is 1. The van der Waals surface area contributed by atoms with E-state index in [0.717, 1.165) is 32.1 Å². The van der Waals surface area contributed by atoms with Gasteiger partial charge >= 0.3 is 0 Å². The summed E-state index contributed by atoms with van der Waals surface area (Å²) in [6.45, 7) is 2.80. The second-order valence-corrected chi connectivity index (χ2v) is 6.83. The lowest BCUT2D eigenvalue weighted by molar-refractivity contribution is -0.122. The lowest BCUT2D eigenvalue weighted by Gasteiger charge is -2.17. The van der Waals surface area contributed by atoms with Crippen LogP contribution in [0.5, 0.6) is 0 Å². The fourth-order valence-corrected chi connectivity index (χ4v) is 2.84. The van der Waals surface area contributed by atoms with Crippen molar-refractivity contribution in [1.29, 1.82) is 5.53 Å². The molecule has 0 aliphatic carbocycles. The van der Waals surface area contributed by atoms with Crippen LogP contribution in [0.3, 0.4) is 0 Å². The molecular formula is C21H33N5O2. The molecule has 1 aromatic carbocycles. The van der Waals surface area contributed by atoms with E-state index in [1.165, 1.54) is 12.0 Å². The molecule has 1 atom stereocenters. The summed E-state index contributed by atoms with van der Waals surface area (Å²) in [7, 11) is 0. The van der Waals surface area contributed by atoms with Gasteiger partial charge in [-0.1, -0.05) is 62.9 Å². The second-order valence-electron chi connectivity index (χ2n) is 6.83. The molecule has 0 heterocycles. The molecule has 0 fully saturated rings. The lowest BCUT2D eigenvalue weighted by Crippen LogP contribution is -2.39. The van der Waals surface area contributed by atoms with E-state index >= 15 is 0 Å². The quantitative estimate of drug-likeness (QED) is 0.272. The van der Waals surface area contributed by atoms with Crippen LogP contribution in [0.25, 0.3) is 0 Å². The predicted octanol–water partition coefficient (Wildman–Crippen LogP) is 3.41. The van der Waals surface area contributed by atoms with E-state index in [2.05, 4.69) is 22.7 Å². The summed E-state index contributed by atoms with van der Waals surface area (Å²) in [5.74, 6) is -0.700. The summed E-state index contributed by atoms with van der Waals surface area (Å²) in [5, 5.41) is 9.37. The maximum Gasteiger partial charge on any atom is 0.220 e. The Kier molecular flexibility index (Phi) is 12.0. The van der Waals surface area contributed by atoms with Gasteiger partial charge in [0.05, 0.1) is 12.5 Å². The zero-order valence-electron chi connectivity index (χ0n) is 16.7. The van der Waals surface area contributed by atoms with Crippen LogP contribution in [-0.4, -0.2) is 24.4 Å². The zero-order valence-corrected chi connectivity index (χ0v) is 16.7. The molecule has 0 aromatic heterocycles. The molecule has 1 rings (SSSR count). The van der Waals surface area contributed by atoms with E-state index in [9.17, 15) is 9.59 Å². The Labute approximate surface area is 167 Å². The Morgan fingerprint density at radius 1 is 1.18 bits per heavy atom. The highest BCUT2D eigenvalue weighted by atomic mass is 16.2. The third-order valence-electron chi connectivity index (χ3n) is 4.38. The van der Waals surface area contributed by atoms with E-state index in [0.29, 0.717) is 13.0 Å². The van der Waals surface area contributed by atoms with Crippen molar-refractivity contribution in [3.05, 3.63) is 47.8 Å². The second kappa shape index (κ2) is 14.4. The normalized spacial score (nSPS) is 12.2. The molecule has 7 heteroatoms. The van der Waals surface area contributed by atoms with E-state index in [1.807, 2.05) is 30.3 Å². The van der Waals surface area contributed by atoms with Crippen LogP contribution in [0.1, 0.15) is 57.4 Å². The summed E-state index contributed by atoms with van der Waals surface area (Å²) in [5.41, 5.74) is 14.2. The first-order chi connectivity index (χ1) is 13.6. The third-order valence-corrected chi connectivity index (χ3v) is 4.38. The first-order valence-electron chi connectivity index (χ1n) is 9.99. The standard InChI is InChI=1S/C21H33N5O2/c1-2-3-4-5-9-12-21(28)25-18(15-20(22)27)19(26-23)16-24-14-13-17-10-7-6-8-11-17/h6-8,10-11,16,18,23-24H,2-5,9,12-15H2,1H3,(H2,22,27)(H,25,28)/b19-16-,26-23?/t18-/m1/s1. The summed E-state index contributed by atoms with van der Waals surface area (Å²) < 4.78 is 0. The average Bonchev–Trinajstić information content (AvgIpc) is 2.68. The maximum absolute atomic E-state index is 12.2. The smallest absolute Gasteiger partial charge is 0.220 e. The van der Waals surface area contributed by atoms with E-state index < -0.39 is 11.9 Å². The third kappa shape index (κ3) is 10.4. The molecule has 0 aliphatic rings. The molecule has 0 spiro atoms. The number of hydrogen-bond donors (Lipinski definition) is 4. The number of primary amides is 1. The minimum absolute atomic E-state index is 0.0871. The molecule has 0 saturated carbocycles. The van der Waals surface area contributed by atoms with Gasteiger partial charge in [0.25, 0.3) is 0 Å². The SMILES string of the molecule is CCCCCCCC(=O)N[C@H](CC(N)=O)/C(=C/NCCc1ccccc1)N=N. The largest absolute Gasteiger partial charge is 0.389 e. The monoisotopic (exact) mass is 387 g/mol. The van der Waals surface area contributed by atoms with Gasteiger partial charge in [-0.15, -0.1) is 0 Å². The molecule has 0 aliphatic heterocycles. The van der Waals surface area contributed by atoms with Gasteiger partial charge in [0, 0.05) is 19.2 Å². The van der Waals surface area contributed by atoms with Gasteiger partial charge in [0.1, 0.15) is 5.70 Å². The lowest BCUT2D eigenvalue weighted by atomic mass is 10.1. The van der Waals surface area contributed by atoms with Crippen molar-refractivity contribution >= 4 is 11.8 Å². The number of amides is 2. The van der Waals surface area contributed by atoms with Gasteiger partial charge < -0.3 is 16.4 Å². The maximum atomic E-state index is 12.2. The first-order valence-corrected chi connectivity index (χ1v) is 9.99. The van der Waals surface area contributed by atoms with E-state index in [4.69, 9.17) is 11.3 Å². The number of unbranched alkanes of at least 4 members (excludes halogenated alkanes) is 4. The van der Waals surface area contributed by atoms with Gasteiger partial charge in [-0.2, -0.15) is 5.11 Å². The van der Waals surface area contributed by atoms with Crippen molar-refractivity contribution in [2.24, 2.45) is 10.8 Å². The number of carbonyl (C=O) groups excluding carboxylic acids is 2. The van der Waals surface area contributed by atoms with Crippen LogP contribution in [0.2, 0.25) is 0 Å². The number of rotatable bonds is 15. The van der Waals surface area contributed by atoms with Crippen molar-refractivity contribution < 1.29 is 9.59 Å². The predicted molar refractivity (Wildman–Crippen MR) is 110 cm³/mol. The van der Waals surface area contributed by atoms with Gasteiger partial charge in [-0.05, 0) is 18.4 Å². The van der Waals surface area contributed by atoms with E-state index in [1.54, 1.807) is 6.20 Å². The zero-order chi connectivity index (χ0) is 20.6. The van der Waals surface area contributed by atoms with Gasteiger partial charge in [-0.3, -0.25) is 9.59 Å². The molecule has 28 heavy (non-hydrogen) atoms. The molecular weight excluding hydrogens is 354 g/mol. The summed E-state index contributed by atoms with van der Waals surface area (Å²) in [6.07, 6.45) is 7.96. The van der Waals surface area contributed by atoms with Crippen LogP contribution in [-0.2, 0) is 16.0 Å². The van der Waals surface area contributed by atoms with E-state index in [-0.39, 0.29) is 18.0 Å². The molecule has 2 amide bonds. The van der Waals surface area contributed by atoms with Crippen LogP contribution < -0.4 is 16.4 Å². The minimum Gasteiger partial charge on any atom is -0.389 e. The van der Waals surface area contributed by atoms with Gasteiger partial charge in [-0.25, -0.2) is 5.53 Å². The minimum atomic E-state index is -0.692. The van der Waals surface area contributed by atoms with Crippen LogP contribution in [0, 0.1) is 5.53 Å². The van der Waals surface area contributed by atoms with Crippen LogP contribution >= 0.6 is 0 Å². The molecule has 1 aromatic rings. The summed E-state index contributed by atoms with van der Waals surface area (Å²) >= 11 is 0. The Morgan fingerprint density at radius 2 is 1.89 bits per heavy atom. The highest BCUT2D eigenvalue weighted by Crippen LogP contribution is 2.10. The average molecular weight is 388 g/mol. The van der Waals surface area contributed by atoms with Crippen molar-refractivity contribution in [1.82, 2.24) is 10.6 Å². The fraction of sp³-hybridized carbons (Fsp3) is 0.524. The molecule has 0 radical (unpaired) electrons. The highest BCUT2D eigenvalue weighted by Gasteiger charge is 2.19. The topological polar surface area (TPSA) is 120 Å². The van der Waals surface area contributed by atoms with Crippen molar-refractivity contribution in [3.63, 3.8) is 0 Å². The van der Waals surface area contributed by atoms with Crippen LogP contribution in [0.15, 0.2) is 47.3 Å². The Bertz CT molecular complexity index is 631. The summed E-state index contributed by atoms with van der Waals surface area (Å²) in [4.78, 5) is 23.6. The molecule has 7 nitrogen and oxygen atoms in total. The molecule has 0 bridgehead atoms. The highest BCUT2D eigenvalue weighted by molar-refractivity contribution is 5.79. The number of hydrogen-bond acceptors (Lipinski definition) is 5.